The highest BCUT2D eigenvalue weighted by Gasteiger charge is 2.19. The van der Waals surface area contributed by atoms with E-state index in [1.165, 1.54) is 0 Å². The van der Waals surface area contributed by atoms with Crippen LogP contribution < -0.4 is 5.32 Å². The van der Waals surface area contributed by atoms with Gasteiger partial charge < -0.3 is 14.4 Å². The van der Waals surface area contributed by atoms with Gasteiger partial charge in [-0.1, -0.05) is 59.8 Å². The van der Waals surface area contributed by atoms with Crippen molar-refractivity contribution in [1.29, 1.82) is 0 Å². The number of amides is 1. The molecule has 1 N–H and O–H groups in total. The summed E-state index contributed by atoms with van der Waals surface area (Å²) in [5.41, 5.74) is 5.23. The minimum absolute atomic E-state index is 0.194. The summed E-state index contributed by atoms with van der Waals surface area (Å²) in [6, 6.07) is 19.6. The summed E-state index contributed by atoms with van der Waals surface area (Å²) in [5, 5.41) is 7.68. The van der Waals surface area contributed by atoms with E-state index in [4.69, 9.17) is 4.52 Å². The highest BCUT2D eigenvalue weighted by atomic mass is 16.5. The third kappa shape index (κ3) is 4.00. The lowest BCUT2D eigenvalue weighted by molar-refractivity contribution is 0.0952. The lowest BCUT2D eigenvalue weighted by Crippen LogP contribution is -2.23. The summed E-state index contributed by atoms with van der Waals surface area (Å²) in [5.74, 6) is -0.194. The predicted molar refractivity (Wildman–Crippen MR) is 121 cm³/mol. The molecule has 0 aliphatic heterocycles. The van der Waals surface area contributed by atoms with Crippen LogP contribution in [0.15, 0.2) is 83.9 Å². The van der Waals surface area contributed by atoms with Gasteiger partial charge in [-0.2, -0.15) is 0 Å². The minimum atomic E-state index is -0.194. The third-order valence-electron chi connectivity index (χ3n) is 5.30. The zero-order chi connectivity index (χ0) is 21.9. The van der Waals surface area contributed by atoms with Crippen LogP contribution in [0, 0.1) is 6.92 Å². The number of hydrogen-bond acceptors (Lipinski definition) is 5. The molecule has 0 atom stereocenters. The van der Waals surface area contributed by atoms with Gasteiger partial charge in [0.2, 0.25) is 0 Å². The number of hydrogen-bond donors (Lipinski definition) is 1. The van der Waals surface area contributed by atoms with E-state index < -0.39 is 0 Å². The predicted octanol–water partition coefficient (Wildman–Crippen LogP) is 4.37. The van der Waals surface area contributed by atoms with Crippen molar-refractivity contribution in [1.82, 2.24) is 25.0 Å². The molecule has 32 heavy (non-hydrogen) atoms. The van der Waals surface area contributed by atoms with Crippen LogP contribution in [-0.4, -0.2) is 25.6 Å². The largest absolute Gasteiger partial charge is 0.348 e. The number of fused-ring (bicyclic) bond motifs is 1. The fourth-order valence-electron chi connectivity index (χ4n) is 3.74. The van der Waals surface area contributed by atoms with Crippen molar-refractivity contribution >= 4 is 17.0 Å². The zero-order valence-corrected chi connectivity index (χ0v) is 17.5. The number of pyridine rings is 1. The van der Waals surface area contributed by atoms with Gasteiger partial charge in [-0.05, 0) is 24.1 Å². The Morgan fingerprint density at radius 2 is 1.91 bits per heavy atom. The van der Waals surface area contributed by atoms with Gasteiger partial charge >= 0.3 is 0 Å². The summed E-state index contributed by atoms with van der Waals surface area (Å²) in [6.07, 6.45) is 5.47. The first-order valence-electron chi connectivity index (χ1n) is 10.3. The molecule has 7 nitrogen and oxygen atoms in total. The fourth-order valence-corrected chi connectivity index (χ4v) is 3.74. The van der Waals surface area contributed by atoms with E-state index in [1.54, 1.807) is 18.6 Å². The number of benzene rings is 2. The van der Waals surface area contributed by atoms with Crippen LogP contribution in [0.3, 0.4) is 0 Å². The SMILES string of the molecule is Cc1noc2nc(-c3ccccc3)cc(C(=O)NCc3cccc(Cn4ccnc4)c3)c12. The molecule has 3 aromatic heterocycles. The van der Waals surface area contributed by atoms with E-state index in [-0.39, 0.29) is 5.91 Å². The Labute approximate surface area is 184 Å². The summed E-state index contributed by atoms with van der Waals surface area (Å²) >= 11 is 0. The molecule has 0 aliphatic rings. The van der Waals surface area contributed by atoms with Crippen LogP contribution >= 0.6 is 0 Å². The van der Waals surface area contributed by atoms with E-state index in [2.05, 4.69) is 32.6 Å². The molecular formula is C25H21N5O2. The Balaban J connectivity index is 1.40. The summed E-state index contributed by atoms with van der Waals surface area (Å²) in [4.78, 5) is 21.8. The van der Waals surface area contributed by atoms with Crippen molar-refractivity contribution < 1.29 is 9.32 Å². The smallest absolute Gasteiger partial charge is 0.259 e. The topological polar surface area (TPSA) is 85.8 Å². The summed E-state index contributed by atoms with van der Waals surface area (Å²) in [7, 11) is 0. The number of imidazole rings is 1. The quantitative estimate of drug-likeness (QED) is 0.438. The number of aromatic nitrogens is 4. The van der Waals surface area contributed by atoms with Gasteiger partial charge in [0.1, 0.15) is 0 Å². The number of nitrogens with one attached hydrogen (secondary N) is 1. The van der Waals surface area contributed by atoms with Crippen LogP contribution in [0.5, 0.6) is 0 Å². The van der Waals surface area contributed by atoms with E-state index in [0.717, 1.165) is 23.2 Å². The van der Waals surface area contributed by atoms with Crippen molar-refractivity contribution in [3.8, 4) is 11.3 Å². The van der Waals surface area contributed by atoms with E-state index in [1.807, 2.05) is 60.2 Å². The maximum atomic E-state index is 13.2. The second-order valence-corrected chi connectivity index (χ2v) is 7.61. The first-order chi connectivity index (χ1) is 15.7. The Hall–Kier alpha value is -4.26. The van der Waals surface area contributed by atoms with Gasteiger partial charge in [0.05, 0.1) is 28.7 Å². The van der Waals surface area contributed by atoms with Crippen LogP contribution in [0.4, 0.5) is 0 Å². The number of carbonyl (C=O) groups excluding carboxylic acids is 1. The van der Waals surface area contributed by atoms with Gasteiger partial charge in [0.25, 0.3) is 11.6 Å². The van der Waals surface area contributed by atoms with Crippen molar-refractivity contribution in [3.05, 3.63) is 102 Å². The van der Waals surface area contributed by atoms with Crippen LogP contribution in [-0.2, 0) is 13.1 Å². The van der Waals surface area contributed by atoms with E-state index in [0.29, 0.717) is 34.6 Å². The van der Waals surface area contributed by atoms with Gasteiger partial charge in [-0.25, -0.2) is 9.97 Å². The maximum absolute atomic E-state index is 13.2. The molecule has 0 bridgehead atoms. The minimum Gasteiger partial charge on any atom is -0.348 e. The summed E-state index contributed by atoms with van der Waals surface area (Å²) < 4.78 is 7.39. The monoisotopic (exact) mass is 423 g/mol. The molecule has 0 fully saturated rings. The number of carbonyl (C=O) groups is 1. The van der Waals surface area contributed by atoms with Gasteiger partial charge in [0.15, 0.2) is 0 Å². The Morgan fingerprint density at radius 3 is 2.72 bits per heavy atom. The molecule has 0 spiro atoms. The average Bonchev–Trinajstić information content (AvgIpc) is 3.47. The first-order valence-corrected chi connectivity index (χ1v) is 10.3. The van der Waals surface area contributed by atoms with E-state index in [9.17, 15) is 4.79 Å². The van der Waals surface area contributed by atoms with Gasteiger partial charge in [-0.15, -0.1) is 0 Å². The van der Waals surface area contributed by atoms with E-state index >= 15 is 0 Å². The average molecular weight is 423 g/mol. The molecule has 0 saturated heterocycles. The Bertz CT molecular complexity index is 1370. The third-order valence-corrected chi connectivity index (χ3v) is 5.30. The molecule has 7 heteroatoms. The van der Waals surface area contributed by atoms with Crippen LogP contribution in [0.1, 0.15) is 27.2 Å². The Kier molecular flexibility index (Phi) is 5.21. The highest BCUT2D eigenvalue weighted by Crippen LogP contribution is 2.27. The van der Waals surface area contributed by atoms with Crippen molar-refractivity contribution in [2.75, 3.05) is 0 Å². The fraction of sp³-hybridized carbons (Fsp3) is 0.120. The second kappa shape index (κ2) is 8.47. The zero-order valence-electron chi connectivity index (χ0n) is 17.5. The molecule has 5 aromatic rings. The molecule has 5 rings (SSSR count). The molecular weight excluding hydrogens is 402 g/mol. The van der Waals surface area contributed by atoms with Gasteiger partial charge in [-0.3, -0.25) is 4.79 Å². The molecule has 0 radical (unpaired) electrons. The van der Waals surface area contributed by atoms with Crippen LogP contribution in [0.2, 0.25) is 0 Å². The maximum Gasteiger partial charge on any atom is 0.259 e. The molecule has 3 heterocycles. The standard InChI is InChI=1S/C25H21N5O2/c1-17-23-21(13-22(28-25(23)32-29-17)20-8-3-2-4-9-20)24(31)27-14-18-6-5-7-19(12-18)15-30-11-10-26-16-30/h2-13,16H,14-15H2,1H3,(H,27,31). The molecule has 0 aliphatic carbocycles. The number of aryl methyl sites for hydroxylation is 1. The lowest BCUT2D eigenvalue weighted by atomic mass is 10.0. The molecule has 158 valence electrons. The second-order valence-electron chi connectivity index (χ2n) is 7.61. The normalized spacial score (nSPS) is 11.0. The van der Waals surface area contributed by atoms with Crippen LogP contribution in [0.25, 0.3) is 22.4 Å². The number of rotatable bonds is 6. The first kappa shape index (κ1) is 19.7. The molecule has 2 aromatic carbocycles. The Morgan fingerprint density at radius 1 is 1.06 bits per heavy atom. The summed E-state index contributed by atoms with van der Waals surface area (Å²) in [6.45, 7) is 2.95. The van der Waals surface area contributed by atoms with Crippen molar-refractivity contribution in [3.63, 3.8) is 0 Å². The highest BCUT2D eigenvalue weighted by molar-refractivity contribution is 6.06. The van der Waals surface area contributed by atoms with Crippen molar-refractivity contribution in [2.45, 2.75) is 20.0 Å². The lowest BCUT2D eigenvalue weighted by Gasteiger charge is -2.10. The number of nitrogens with zero attached hydrogens (tertiary/aromatic N) is 4. The molecule has 0 unspecified atom stereocenters. The molecule has 0 saturated carbocycles. The van der Waals surface area contributed by atoms with Gasteiger partial charge in [0, 0.05) is 31.0 Å². The van der Waals surface area contributed by atoms with Crippen molar-refractivity contribution in [2.24, 2.45) is 0 Å². The molecule has 1 amide bonds.